The van der Waals surface area contributed by atoms with E-state index in [1.54, 1.807) is 7.05 Å². The third-order valence-electron chi connectivity index (χ3n) is 3.12. The fourth-order valence-corrected chi connectivity index (χ4v) is 2.18. The van der Waals surface area contributed by atoms with Crippen molar-refractivity contribution >= 4 is 11.5 Å². The van der Waals surface area contributed by atoms with Gasteiger partial charge in [0.15, 0.2) is 0 Å². The first kappa shape index (κ1) is 14.0. The minimum atomic E-state index is -0.552. The molecule has 0 spiro atoms. The first-order chi connectivity index (χ1) is 9.32. The summed E-state index contributed by atoms with van der Waals surface area (Å²) in [5, 5.41) is 15.3. The predicted octanol–water partition coefficient (Wildman–Crippen LogP) is 2.84. The van der Waals surface area contributed by atoms with Gasteiger partial charge in [-0.3, -0.25) is 14.8 Å². The summed E-state index contributed by atoms with van der Waals surface area (Å²) in [7, 11) is 1.65. The molecule has 2 rings (SSSR count). The third kappa shape index (κ3) is 2.22. The van der Waals surface area contributed by atoms with Gasteiger partial charge in [0.1, 0.15) is 17.3 Å². The fourth-order valence-electron chi connectivity index (χ4n) is 2.18. The summed E-state index contributed by atoms with van der Waals surface area (Å²) in [6, 6.07) is 3.31. The Balaban J connectivity index is 2.77. The van der Waals surface area contributed by atoms with E-state index in [1.165, 1.54) is 4.68 Å². The lowest BCUT2D eigenvalue weighted by molar-refractivity contribution is -0.384. The summed E-state index contributed by atoms with van der Waals surface area (Å²) in [5.74, 6) is -0.111. The van der Waals surface area contributed by atoms with Gasteiger partial charge in [-0.25, -0.2) is 4.39 Å². The average Bonchev–Trinajstić information content (AvgIpc) is 2.65. The molecule has 0 saturated carbocycles. The quantitative estimate of drug-likeness (QED) is 0.690. The molecule has 106 valence electrons. The molecule has 0 unspecified atom stereocenters. The number of benzene rings is 1. The number of aromatic nitrogens is 2. The van der Waals surface area contributed by atoms with Crippen molar-refractivity contribution in [2.75, 3.05) is 5.73 Å². The Kier molecular flexibility index (Phi) is 3.44. The number of nitrogens with zero attached hydrogens (tertiary/aromatic N) is 3. The molecule has 1 aromatic heterocycles. The SMILES string of the molecule is CC(C)c1c(-c2cc(F)ccc2[N+](=O)[O-])nn(C)c1N. The smallest absolute Gasteiger partial charge is 0.279 e. The van der Waals surface area contributed by atoms with Crippen molar-refractivity contribution in [2.45, 2.75) is 19.8 Å². The Labute approximate surface area is 115 Å². The van der Waals surface area contributed by atoms with Gasteiger partial charge in [0.2, 0.25) is 0 Å². The van der Waals surface area contributed by atoms with Crippen molar-refractivity contribution in [1.29, 1.82) is 0 Å². The third-order valence-corrected chi connectivity index (χ3v) is 3.12. The summed E-state index contributed by atoms with van der Waals surface area (Å²) < 4.78 is 14.9. The Hall–Kier alpha value is -2.44. The van der Waals surface area contributed by atoms with E-state index in [9.17, 15) is 14.5 Å². The standard InChI is InChI=1S/C13H15FN4O2/c1-7(2)11-12(16-17(3)13(11)15)9-6-8(14)4-5-10(9)18(19)20/h4-7H,15H2,1-3H3. The molecule has 2 N–H and O–H groups in total. The molecular formula is C13H15FN4O2. The van der Waals surface area contributed by atoms with Crippen LogP contribution in [0.2, 0.25) is 0 Å². The molecule has 0 aliphatic heterocycles. The number of rotatable bonds is 3. The molecule has 0 bridgehead atoms. The second kappa shape index (κ2) is 4.92. The number of hydrogen-bond donors (Lipinski definition) is 1. The molecule has 0 saturated heterocycles. The van der Waals surface area contributed by atoms with E-state index < -0.39 is 10.7 Å². The van der Waals surface area contributed by atoms with Gasteiger partial charge in [-0.2, -0.15) is 5.10 Å². The molecule has 6 nitrogen and oxygen atoms in total. The molecule has 0 aliphatic rings. The second-order valence-electron chi connectivity index (χ2n) is 4.84. The molecule has 0 fully saturated rings. The Morgan fingerprint density at radius 3 is 2.65 bits per heavy atom. The number of aryl methyl sites for hydroxylation is 1. The van der Waals surface area contributed by atoms with Gasteiger partial charge in [0.25, 0.3) is 5.69 Å². The van der Waals surface area contributed by atoms with E-state index in [0.29, 0.717) is 17.1 Å². The molecular weight excluding hydrogens is 263 g/mol. The number of nitrogens with two attached hydrogens (primary N) is 1. The largest absolute Gasteiger partial charge is 0.384 e. The summed E-state index contributed by atoms with van der Waals surface area (Å²) >= 11 is 0. The maximum absolute atomic E-state index is 13.4. The molecule has 2 aromatic rings. The summed E-state index contributed by atoms with van der Waals surface area (Å²) in [6.07, 6.45) is 0. The average molecular weight is 278 g/mol. The topological polar surface area (TPSA) is 87.0 Å². The number of nitro benzene ring substituents is 1. The van der Waals surface area contributed by atoms with Crippen molar-refractivity contribution in [3.05, 3.63) is 39.7 Å². The van der Waals surface area contributed by atoms with Gasteiger partial charge in [0.05, 0.1) is 10.5 Å². The zero-order chi connectivity index (χ0) is 15.0. The van der Waals surface area contributed by atoms with Gasteiger partial charge in [0, 0.05) is 18.7 Å². The highest BCUT2D eigenvalue weighted by atomic mass is 19.1. The number of nitrogen functional groups attached to an aromatic ring is 1. The van der Waals surface area contributed by atoms with Crippen molar-refractivity contribution in [3.63, 3.8) is 0 Å². The zero-order valence-corrected chi connectivity index (χ0v) is 11.4. The number of hydrogen-bond acceptors (Lipinski definition) is 4. The van der Waals surface area contributed by atoms with Crippen molar-refractivity contribution < 1.29 is 9.31 Å². The van der Waals surface area contributed by atoms with Crippen LogP contribution in [0.15, 0.2) is 18.2 Å². The minimum absolute atomic E-state index is 0.0153. The number of nitro groups is 1. The lowest BCUT2D eigenvalue weighted by Crippen LogP contribution is -2.00. The normalized spacial score (nSPS) is 11.1. The summed E-state index contributed by atoms with van der Waals surface area (Å²) in [6.45, 7) is 3.81. The molecule has 7 heteroatoms. The first-order valence-electron chi connectivity index (χ1n) is 6.09. The zero-order valence-electron chi connectivity index (χ0n) is 11.4. The van der Waals surface area contributed by atoms with Gasteiger partial charge < -0.3 is 5.73 Å². The van der Waals surface area contributed by atoms with Gasteiger partial charge >= 0.3 is 0 Å². The minimum Gasteiger partial charge on any atom is -0.384 e. The number of anilines is 1. The van der Waals surface area contributed by atoms with E-state index in [0.717, 1.165) is 18.2 Å². The van der Waals surface area contributed by atoms with Crippen LogP contribution in [-0.4, -0.2) is 14.7 Å². The highest BCUT2D eigenvalue weighted by molar-refractivity contribution is 5.76. The van der Waals surface area contributed by atoms with Crippen LogP contribution >= 0.6 is 0 Å². The maximum atomic E-state index is 13.4. The maximum Gasteiger partial charge on any atom is 0.279 e. The molecule has 0 atom stereocenters. The van der Waals surface area contributed by atoms with Crippen molar-refractivity contribution in [1.82, 2.24) is 9.78 Å². The van der Waals surface area contributed by atoms with Crippen LogP contribution in [0.4, 0.5) is 15.9 Å². The Morgan fingerprint density at radius 2 is 2.10 bits per heavy atom. The predicted molar refractivity (Wildman–Crippen MR) is 73.8 cm³/mol. The van der Waals surface area contributed by atoms with Crippen molar-refractivity contribution in [3.8, 4) is 11.3 Å². The van der Waals surface area contributed by atoms with E-state index >= 15 is 0 Å². The van der Waals surface area contributed by atoms with E-state index in [2.05, 4.69) is 5.10 Å². The molecule has 20 heavy (non-hydrogen) atoms. The van der Waals surface area contributed by atoms with Gasteiger partial charge in [-0.15, -0.1) is 0 Å². The monoisotopic (exact) mass is 278 g/mol. The fraction of sp³-hybridized carbons (Fsp3) is 0.308. The second-order valence-corrected chi connectivity index (χ2v) is 4.84. The first-order valence-corrected chi connectivity index (χ1v) is 6.09. The van der Waals surface area contributed by atoms with Crippen LogP contribution in [0, 0.1) is 15.9 Å². The van der Waals surface area contributed by atoms with Crippen LogP contribution in [0.3, 0.4) is 0 Å². The van der Waals surface area contributed by atoms with Crippen LogP contribution in [0.1, 0.15) is 25.3 Å². The molecule has 1 aromatic carbocycles. The molecule has 0 radical (unpaired) electrons. The molecule has 1 heterocycles. The number of halogens is 1. The lowest BCUT2D eigenvalue weighted by atomic mass is 9.97. The van der Waals surface area contributed by atoms with Crippen LogP contribution in [0.5, 0.6) is 0 Å². The van der Waals surface area contributed by atoms with Gasteiger partial charge in [-0.05, 0) is 18.1 Å². The van der Waals surface area contributed by atoms with Gasteiger partial charge in [-0.1, -0.05) is 13.8 Å². The van der Waals surface area contributed by atoms with Crippen LogP contribution in [-0.2, 0) is 7.05 Å². The lowest BCUT2D eigenvalue weighted by Gasteiger charge is -2.07. The highest BCUT2D eigenvalue weighted by Gasteiger charge is 2.25. The van der Waals surface area contributed by atoms with E-state index in [1.807, 2.05) is 13.8 Å². The summed E-state index contributed by atoms with van der Waals surface area (Å²) in [5.41, 5.74) is 6.93. The Morgan fingerprint density at radius 1 is 1.45 bits per heavy atom. The van der Waals surface area contributed by atoms with Crippen molar-refractivity contribution in [2.24, 2.45) is 7.05 Å². The van der Waals surface area contributed by atoms with Crippen LogP contribution in [0.25, 0.3) is 11.3 Å². The summed E-state index contributed by atoms with van der Waals surface area (Å²) in [4.78, 5) is 10.5. The Bertz CT molecular complexity index is 679. The highest BCUT2D eigenvalue weighted by Crippen LogP contribution is 2.37. The molecule has 0 amide bonds. The van der Waals surface area contributed by atoms with E-state index in [-0.39, 0.29) is 17.2 Å². The van der Waals surface area contributed by atoms with E-state index in [4.69, 9.17) is 5.73 Å². The van der Waals surface area contributed by atoms with Crippen LogP contribution < -0.4 is 5.73 Å². The molecule has 0 aliphatic carbocycles.